The van der Waals surface area contributed by atoms with Crippen molar-refractivity contribution >= 4 is 5.69 Å². The summed E-state index contributed by atoms with van der Waals surface area (Å²) in [4.78, 5) is 0. The highest BCUT2D eigenvalue weighted by Crippen LogP contribution is 2.37. The number of alkyl halides is 3. The van der Waals surface area contributed by atoms with Crippen LogP contribution in [0.3, 0.4) is 0 Å². The number of hydrogen-bond acceptors (Lipinski definition) is 1. The maximum atomic E-state index is 12.8. The summed E-state index contributed by atoms with van der Waals surface area (Å²) in [5, 5.41) is 3.32. The zero-order valence-corrected chi connectivity index (χ0v) is 12.3. The van der Waals surface area contributed by atoms with E-state index in [9.17, 15) is 13.2 Å². The molecule has 4 heteroatoms. The van der Waals surface area contributed by atoms with E-state index in [2.05, 4.69) is 19.2 Å². The highest BCUT2D eigenvalue weighted by molar-refractivity contribution is 5.54. The first kappa shape index (κ1) is 15.2. The summed E-state index contributed by atoms with van der Waals surface area (Å²) in [6.45, 7) is 6.29. The Labute approximate surface area is 118 Å². The molecule has 1 aliphatic rings. The topological polar surface area (TPSA) is 12.0 Å². The van der Waals surface area contributed by atoms with Gasteiger partial charge in [0.25, 0.3) is 0 Å². The van der Waals surface area contributed by atoms with Crippen LogP contribution in [0.2, 0.25) is 0 Å². The van der Waals surface area contributed by atoms with Gasteiger partial charge in [-0.25, -0.2) is 0 Å². The smallest absolute Gasteiger partial charge is 0.382 e. The van der Waals surface area contributed by atoms with Crippen molar-refractivity contribution in [2.75, 3.05) is 5.32 Å². The number of hydrogen-bond donors (Lipinski definition) is 1. The maximum absolute atomic E-state index is 12.8. The Kier molecular flexibility index (Phi) is 4.03. The quantitative estimate of drug-likeness (QED) is 0.767. The summed E-state index contributed by atoms with van der Waals surface area (Å²) in [6.07, 6.45) is 0.0627. The Hall–Kier alpha value is -1.19. The lowest BCUT2D eigenvalue weighted by atomic mass is 9.75. The average molecular weight is 285 g/mol. The molecule has 1 fully saturated rings. The van der Waals surface area contributed by atoms with Crippen molar-refractivity contribution in [1.82, 2.24) is 0 Å². The molecular weight excluding hydrogens is 263 g/mol. The summed E-state index contributed by atoms with van der Waals surface area (Å²) in [5.41, 5.74) is 1.16. The van der Waals surface area contributed by atoms with E-state index in [0.717, 1.165) is 30.9 Å². The van der Waals surface area contributed by atoms with Crippen molar-refractivity contribution in [3.8, 4) is 0 Å². The van der Waals surface area contributed by atoms with Gasteiger partial charge in [-0.05, 0) is 49.3 Å². The summed E-state index contributed by atoms with van der Waals surface area (Å²) < 4.78 is 38.3. The second-order valence-corrected chi connectivity index (χ2v) is 6.63. The van der Waals surface area contributed by atoms with Gasteiger partial charge >= 0.3 is 6.18 Å². The zero-order chi connectivity index (χ0) is 15.0. The molecule has 0 spiro atoms. The number of halogens is 3. The molecular formula is C16H22F3N. The highest BCUT2D eigenvalue weighted by atomic mass is 19.4. The first-order chi connectivity index (χ1) is 9.17. The zero-order valence-electron chi connectivity index (χ0n) is 12.3. The predicted molar refractivity (Wildman–Crippen MR) is 75.8 cm³/mol. The first-order valence-electron chi connectivity index (χ1n) is 7.12. The summed E-state index contributed by atoms with van der Waals surface area (Å²) in [5.74, 6) is 0. The lowest BCUT2D eigenvalue weighted by molar-refractivity contribution is -0.137. The van der Waals surface area contributed by atoms with Crippen LogP contribution in [0, 0.1) is 12.3 Å². The monoisotopic (exact) mass is 285 g/mol. The molecule has 1 N–H and O–H groups in total. The van der Waals surface area contributed by atoms with Gasteiger partial charge in [-0.3, -0.25) is 0 Å². The Morgan fingerprint density at radius 1 is 1.25 bits per heavy atom. The van der Waals surface area contributed by atoms with Crippen molar-refractivity contribution < 1.29 is 13.2 Å². The van der Waals surface area contributed by atoms with Crippen LogP contribution >= 0.6 is 0 Å². The number of rotatable bonds is 2. The van der Waals surface area contributed by atoms with E-state index >= 15 is 0 Å². The molecule has 1 atom stereocenters. The van der Waals surface area contributed by atoms with Gasteiger partial charge in [0.15, 0.2) is 0 Å². The Morgan fingerprint density at radius 2 is 1.95 bits per heavy atom. The lowest BCUT2D eigenvalue weighted by Gasteiger charge is -2.36. The molecule has 1 unspecified atom stereocenters. The molecule has 0 saturated heterocycles. The lowest BCUT2D eigenvalue weighted by Crippen LogP contribution is -2.32. The van der Waals surface area contributed by atoms with E-state index in [1.807, 2.05) is 6.92 Å². The molecule has 1 aliphatic carbocycles. The fourth-order valence-electron chi connectivity index (χ4n) is 3.00. The average Bonchev–Trinajstić information content (AvgIpc) is 2.29. The van der Waals surface area contributed by atoms with Gasteiger partial charge in [0.05, 0.1) is 5.56 Å². The highest BCUT2D eigenvalue weighted by Gasteiger charge is 2.32. The standard InChI is InChI=1S/C16H22F3N/c1-11-6-7-12(16(17,18)19)9-14(11)20-13-5-4-8-15(2,3)10-13/h6-7,9,13,20H,4-5,8,10H2,1-3H3. The van der Waals surface area contributed by atoms with E-state index in [-0.39, 0.29) is 11.5 Å². The fourth-order valence-corrected chi connectivity index (χ4v) is 3.00. The van der Waals surface area contributed by atoms with Crippen molar-refractivity contribution in [2.24, 2.45) is 5.41 Å². The third kappa shape index (κ3) is 3.68. The van der Waals surface area contributed by atoms with Crippen LogP contribution < -0.4 is 5.32 Å². The number of benzene rings is 1. The Morgan fingerprint density at radius 3 is 2.55 bits per heavy atom. The number of anilines is 1. The molecule has 1 aromatic rings. The van der Waals surface area contributed by atoms with E-state index < -0.39 is 11.7 Å². The van der Waals surface area contributed by atoms with Gasteiger partial charge in [0.1, 0.15) is 0 Å². The van der Waals surface area contributed by atoms with Gasteiger partial charge in [-0.15, -0.1) is 0 Å². The molecule has 1 saturated carbocycles. The molecule has 1 aromatic carbocycles. The van der Waals surface area contributed by atoms with E-state index in [1.165, 1.54) is 12.5 Å². The minimum Gasteiger partial charge on any atom is -0.382 e. The summed E-state index contributed by atoms with van der Waals surface area (Å²) in [7, 11) is 0. The molecule has 2 rings (SSSR count). The van der Waals surface area contributed by atoms with Crippen LogP contribution in [0.5, 0.6) is 0 Å². The van der Waals surface area contributed by atoms with Crippen LogP contribution in [0.1, 0.15) is 50.7 Å². The second-order valence-electron chi connectivity index (χ2n) is 6.63. The molecule has 0 heterocycles. The minimum atomic E-state index is -4.28. The Bertz CT molecular complexity index is 477. The first-order valence-corrected chi connectivity index (χ1v) is 7.12. The maximum Gasteiger partial charge on any atom is 0.416 e. The van der Waals surface area contributed by atoms with Gasteiger partial charge in [-0.2, -0.15) is 13.2 Å². The van der Waals surface area contributed by atoms with Crippen LogP contribution in [0.4, 0.5) is 18.9 Å². The number of aryl methyl sites for hydroxylation is 1. The fraction of sp³-hybridized carbons (Fsp3) is 0.625. The van der Waals surface area contributed by atoms with E-state index in [0.29, 0.717) is 5.69 Å². The molecule has 0 aliphatic heterocycles. The predicted octanol–water partition coefficient (Wildman–Crippen LogP) is 5.39. The summed E-state index contributed by atoms with van der Waals surface area (Å²) in [6, 6.07) is 4.18. The largest absolute Gasteiger partial charge is 0.416 e. The normalized spacial score (nSPS) is 22.6. The third-order valence-corrected chi connectivity index (χ3v) is 4.13. The van der Waals surface area contributed by atoms with Crippen molar-refractivity contribution in [3.05, 3.63) is 29.3 Å². The van der Waals surface area contributed by atoms with Crippen molar-refractivity contribution in [1.29, 1.82) is 0 Å². The van der Waals surface area contributed by atoms with Gasteiger partial charge in [0, 0.05) is 11.7 Å². The van der Waals surface area contributed by atoms with Crippen LogP contribution in [0.25, 0.3) is 0 Å². The minimum absolute atomic E-state index is 0.265. The number of nitrogens with one attached hydrogen (secondary N) is 1. The van der Waals surface area contributed by atoms with E-state index in [4.69, 9.17) is 0 Å². The van der Waals surface area contributed by atoms with Crippen LogP contribution in [0.15, 0.2) is 18.2 Å². The summed E-state index contributed by atoms with van der Waals surface area (Å²) >= 11 is 0. The Balaban J connectivity index is 2.16. The van der Waals surface area contributed by atoms with Crippen LogP contribution in [-0.2, 0) is 6.18 Å². The van der Waals surface area contributed by atoms with Crippen LogP contribution in [-0.4, -0.2) is 6.04 Å². The second kappa shape index (κ2) is 5.30. The molecule has 0 radical (unpaired) electrons. The SMILES string of the molecule is Cc1ccc(C(F)(F)F)cc1NC1CCCC(C)(C)C1. The van der Waals surface area contributed by atoms with Gasteiger partial charge < -0.3 is 5.32 Å². The molecule has 1 nitrogen and oxygen atoms in total. The molecule has 20 heavy (non-hydrogen) atoms. The van der Waals surface area contributed by atoms with E-state index in [1.54, 1.807) is 6.07 Å². The van der Waals surface area contributed by atoms with Gasteiger partial charge in [0.2, 0.25) is 0 Å². The third-order valence-electron chi connectivity index (χ3n) is 4.13. The molecule has 0 aromatic heterocycles. The molecule has 112 valence electrons. The van der Waals surface area contributed by atoms with Crippen molar-refractivity contribution in [3.63, 3.8) is 0 Å². The van der Waals surface area contributed by atoms with Gasteiger partial charge in [-0.1, -0.05) is 26.3 Å². The molecule has 0 amide bonds. The van der Waals surface area contributed by atoms with Crippen molar-refractivity contribution in [2.45, 2.75) is 58.7 Å². The molecule has 0 bridgehead atoms.